The molecule has 0 unspecified atom stereocenters. The van der Waals surface area contributed by atoms with E-state index in [2.05, 4.69) is 79.5 Å². The van der Waals surface area contributed by atoms with Crippen molar-refractivity contribution in [2.24, 2.45) is 3.46 Å². The van der Waals surface area contributed by atoms with Crippen LogP contribution in [0.2, 0.25) is 15.1 Å². The van der Waals surface area contributed by atoms with Gasteiger partial charge in [-0.2, -0.15) is 0 Å². The fourth-order valence-corrected chi connectivity index (χ4v) is 15.7. The van der Waals surface area contributed by atoms with Gasteiger partial charge in [0, 0.05) is 0 Å². The van der Waals surface area contributed by atoms with Crippen LogP contribution in [0.25, 0.3) is 0 Å². The number of rotatable bonds is 1. The quantitative estimate of drug-likeness (QED) is 0.587. The van der Waals surface area contributed by atoms with Crippen LogP contribution >= 0.6 is 0 Å². The monoisotopic (exact) mass is 264 g/mol. The van der Waals surface area contributed by atoms with Crippen molar-refractivity contribution in [1.82, 2.24) is 0 Å². The van der Waals surface area contributed by atoms with E-state index in [4.69, 9.17) is 3.46 Å². The number of hydrogen-bond acceptors (Lipinski definition) is 1. The Morgan fingerprint density at radius 2 is 0.867 bits per heavy atom. The van der Waals surface area contributed by atoms with Crippen molar-refractivity contribution in [3.8, 4) is 0 Å². The van der Waals surface area contributed by atoms with Crippen molar-refractivity contribution in [2.75, 3.05) is 0 Å². The molecule has 0 N–H and O–H groups in total. The summed E-state index contributed by atoms with van der Waals surface area (Å²) in [4.78, 5) is 0. The first kappa shape index (κ1) is 15.6. The zero-order valence-corrected chi connectivity index (χ0v) is 14.3. The first-order valence-electron chi connectivity index (χ1n) is 5.67. The summed E-state index contributed by atoms with van der Waals surface area (Å²) < 4.78 is 4.91. The van der Waals surface area contributed by atoms with Crippen molar-refractivity contribution in [2.45, 2.75) is 77.4 Å². The third-order valence-electron chi connectivity index (χ3n) is 3.41. The zero-order valence-electron chi connectivity index (χ0n) is 11.9. The Hall–Kier alpha value is 0.601. The fraction of sp³-hybridized carbons (Fsp3) is 1.00. The molecule has 0 atom stereocenters. The molecule has 0 fully saturated rings. The van der Waals surface area contributed by atoms with Gasteiger partial charge in [0.15, 0.2) is 0 Å². The van der Waals surface area contributed by atoms with E-state index in [0.29, 0.717) is 0 Å². The summed E-state index contributed by atoms with van der Waals surface area (Å²) in [6.45, 7) is 21.2. The predicted molar refractivity (Wildman–Crippen MR) is 67.3 cm³/mol. The Kier molecular flexibility index (Phi) is 4.29. The van der Waals surface area contributed by atoms with Crippen LogP contribution in [-0.4, -0.2) is 8.24 Å². The summed E-state index contributed by atoms with van der Waals surface area (Å²) in [5.74, 6) is 0. The van der Waals surface area contributed by atoms with E-state index < -0.39 is 8.24 Å². The van der Waals surface area contributed by atoms with Crippen LogP contribution in [0.5, 0.6) is 0 Å². The predicted octanol–water partition coefficient (Wildman–Crippen LogP) is 5.06. The Balaban J connectivity index is 5.89. The van der Waals surface area contributed by atoms with E-state index in [-0.39, 0.29) is 15.1 Å². The van der Waals surface area contributed by atoms with Crippen molar-refractivity contribution in [1.29, 1.82) is 0 Å². The van der Waals surface area contributed by atoms with E-state index in [1.54, 1.807) is 0 Å². The van der Waals surface area contributed by atoms with Gasteiger partial charge in [-0.3, -0.25) is 0 Å². The summed E-state index contributed by atoms with van der Waals surface area (Å²) in [7, 11) is -1.78. The molecule has 3 heteroatoms. The number of nitrogens with zero attached hydrogens (tertiary/aromatic N) is 1. The Morgan fingerprint density at radius 1 is 0.667 bits per heavy atom. The van der Waals surface area contributed by atoms with Crippen LogP contribution in [0.3, 0.4) is 0 Å². The SMILES string of the molecule is CC(C)(C)[Si]([N]=[V])(C(C)(C)C)C(C)(C)C. The van der Waals surface area contributed by atoms with Gasteiger partial charge in [-0.25, -0.2) is 0 Å². The van der Waals surface area contributed by atoms with Crippen molar-refractivity contribution >= 4 is 8.24 Å². The summed E-state index contributed by atoms with van der Waals surface area (Å²) in [6.07, 6.45) is 0. The van der Waals surface area contributed by atoms with Crippen molar-refractivity contribution in [3.63, 3.8) is 0 Å². The van der Waals surface area contributed by atoms with Crippen molar-refractivity contribution < 1.29 is 17.2 Å². The minimum absolute atomic E-state index is 0.288. The maximum absolute atomic E-state index is 4.91. The van der Waals surface area contributed by atoms with Crippen LogP contribution in [0.15, 0.2) is 3.46 Å². The van der Waals surface area contributed by atoms with E-state index >= 15 is 0 Å². The molecule has 0 aromatic heterocycles. The molecular formula is C12H27NSiV. The first-order chi connectivity index (χ1) is 6.31. The Bertz CT molecular complexity index is 204. The topological polar surface area (TPSA) is 12.4 Å². The molecule has 0 aliphatic carbocycles. The second-order valence-electron chi connectivity index (χ2n) is 7.56. The zero-order chi connectivity index (χ0) is 12.7. The van der Waals surface area contributed by atoms with Crippen molar-refractivity contribution in [3.05, 3.63) is 0 Å². The van der Waals surface area contributed by atoms with E-state index in [1.165, 1.54) is 0 Å². The van der Waals surface area contributed by atoms with E-state index in [9.17, 15) is 0 Å². The van der Waals surface area contributed by atoms with Crippen LogP contribution in [0, 0.1) is 0 Å². The van der Waals surface area contributed by atoms with Gasteiger partial charge in [-0.15, -0.1) is 0 Å². The summed E-state index contributed by atoms with van der Waals surface area (Å²) in [5.41, 5.74) is 0. The average molecular weight is 264 g/mol. The second kappa shape index (κ2) is 4.12. The molecule has 0 rings (SSSR count). The Morgan fingerprint density at radius 3 is 0.867 bits per heavy atom. The molecule has 0 aliphatic heterocycles. The van der Waals surface area contributed by atoms with Gasteiger partial charge in [0.2, 0.25) is 0 Å². The molecule has 0 saturated carbocycles. The normalized spacial score (nSPS) is 15.2. The van der Waals surface area contributed by atoms with Crippen LogP contribution in [0.4, 0.5) is 0 Å². The van der Waals surface area contributed by atoms with Crippen LogP contribution in [0.1, 0.15) is 62.3 Å². The van der Waals surface area contributed by atoms with Gasteiger partial charge in [0.1, 0.15) is 0 Å². The standard InChI is InChI=1S/C12H27NSi.V/c1-10(2,3)14(13,11(4,5)6)12(7,8)9;/h1-9H3;. The molecule has 0 radical (unpaired) electrons. The Labute approximate surface area is 106 Å². The number of hydrogen-bond donors (Lipinski definition) is 0. The molecule has 0 amide bonds. The van der Waals surface area contributed by atoms with Gasteiger partial charge in [0.25, 0.3) is 0 Å². The molecule has 0 bridgehead atoms. The molecule has 0 aromatic carbocycles. The minimum atomic E-state index is -1.78. The maximum atomic E-state index is 4.91. The van der Waals surface area contributed by atoms with Gasteiger partial charge in [0.05, 0.1) is 0 Å². The van der Waals surface area contributed by atoms with E-state index in [0.717, 1.165) is 0 Å². The molecule has 0 spiro atoms. The molecule has 15 heavy (non-hydrogen) atoms. The first-order valence-corrected chi connectivity index (χ1v) is 8.25. The van der Waals surface area contributed by atoms with Crippen LogP contribution in [-0.2, 0) is 17.2 Å². The third kappa shape index (κ3) is 2.48. The third-order valence-corrected chi connectivity index (χ3v) is 11.6. The van der Waals surface area contributed by atoms with Gasteiger partial charge >= 0.3 is 106 Å². The molecule has 0 saturated heterocycles. The molecule has 0 aromatic rings. The molecular weight excluding hydrogens is 237 g/mol. The fourth-order valence-electron chi connectivity index (χ4n) is 3.82. The van der Waals surface area contributed by atoms with Gasteiger partial charge < -0.3 is 0 Å². The summed E-state index contributed by atoms with van der Waals surface area (Å²) in [5, 5.41) is 0.865. The molecule has 0 aliphatic rings. The summed E-state index contributed by atoms with van der Waals surface area (Å²) >= 11 is 2.51. The second-order valence-corrected chi connectivity index (χ2v) is 14.6. The van der Waals surface area contributed by atoms with Gasteiger partial charge in [-0.1, -0.05) is 0 Å². The van der Waals surface area contributed by atoms with Gasteiger partial charge in [-0.05, 0) is 0 Å². The summed E-state index contributed by atoms with van der Waals surface area (Å²) in [6, 6.07) is 0. The molecule has 89 valence electrons. The average Bonchev–Trinajstić information content (AvgIpc) is 1.76. The van der Waals surface area contributed by atoms with Crippen LogP contribution < -0.4 is 0 Å². The van der Waals surface area contributed by atoms with E-state index in [1.807, 2.05) is 0 Å². The molecule has 0 heterocycles. The molecule has 1 nitrogen and oxygen atoms in total.